The zero-order valence-corrected chi connectivity index (χ0v) is 17.1. The van der Waals surface area contributed by atoms with Crippen LogP contribution in [-0.4, -0.2) is 0 Å². The maximum atomic E-state index is 13.9. The molecule has 152 valence electrons. The Hall–Kier alpha value is -3.31. The molecule has 0 spiro atoms. The van der Waals surface area contributed by atoms with Gasteiger partial charge >= 0.3 is 0 Å². The molecule has 0 aliphatic carbocycles. The van der Waals surface area contributed by atoms with Crippen molar-refractivity contribution < 1.29 is 18.3 Å². The monoisotopic (exact) mass is 424 g/mol. The molecule has 30 heavy (non-hydrogen) atoms. The first kappa shape index (κ1) is 20.0. The average Bonchev–Trinajstić information content (AvgIpc) is 2.72. The summed E-state index contributed by atoms with van der Waals surface area (Å²) in [5, 5.41) is 0.643. The summed E-state index contributed by atoms with van der Waals surface area (Å²) in [7, 11) is 0. The fraction of sp³-hybridized carbons (Fsp3) is 0.125. The van der Waals surface area contributed by atoms with Crippen molar-refractivity contribution in [2.45, 2.75) is 20.5 Å². The van der Waals surface area contributed by atoms with Gasteiger partial charge in [0.15, 0.2) is 0 Å². The highest BCUT2D eigenvalue weighted by Gasteiger charge is 2.13. The lowest BCUT2D eigenvalue weighted by Gasteiger charge is -2.11. The average molecular weight is 425 g/mol. The lowest BCUT2D eigenvalue weighted by molar-refractivity contribution is 0.300. The topological polar surface area (TPSA) is 48.7 Å². The first-order valence-electron chi connectivity index (χ1n) is 9.29. The molecule has 4 nitrogen and oxygen atoms in total. The molecular formula is C24H18ClFO4. The van der Waals surface area contributed by atoms with Gasteiger partial charge in [0.05, 0.1) is 10.4 Å². The van der Waals surface area contributed by atoms with E-state index in [4.69, 9.17) is 25.5 Å². The number of benzene rings is 3. The Bertz CT molecular complexity index is 1280. The molecule has 0 unspecified atom stereocenters. The van der Waals surface area contributed by atoms with Crippen molar-refractivity contribution in [1.82, 2.24) is 0 Å². The summed E-state index contributed by atoms with van der Waals surface area (Å²) in [5.41, 5.74) is 2.25. The van der Waals surface area contributed by atoms with E-state index in [-0.39, 0.29) is 28.4 Å². The van der Waals surface area contributed by atoms with E-state index in [1.165, 1.54) is 18.4 Å². The van der Waals surface area contributed by atoms with Gasteiger partial charge < -0.3 is 13.9 Å². The van der Waals surface area contributed by atoms with Crippen LogP contribution in [0.15, 0.2) is 70.1 Å². The van der Waals surface area contributed by atoms with Gasteiger partial charge in [-0.15, -0.1) is 0 Å². The highest BCUT2D eigenvalue weighted by Crippen LogP contribution is 2.27. The molecule has 0 radical (unpaired) electrons. The van der Waals surface area contributed by atoms with Crippen LogP contribution >= 0.6 is 11.6 Å². The van der Waals surface area contributed by atoms with Crippen molar-refractivity contribution in [2.75, 3.05) is 0 Å². The number of rotatable bonds is 5. The lowest BCUT2D eigenvalue weighted by atomic mass is 10.1. The molecule has 3 aromatic carbocycles. The van der Waals surface area contributed by atoms with Crippen molar-refractivity contribution in [1.29, 1.82) is 0 Å². The highest BCUT2D eigenvalue weighted by atomic mass is 35.5. The minimum atomic E-state index is -0.442. The molecule has 0 amide bonds. The predicted molar refractivity (Wildman–Crippen MR) is 114 cm³/mol. The van der Waals surface area contributed by atoms with E-state index in [1.807, 2.05) is 32.0 Å². The van der Waals surface area contributed by atoms with Crippen molar-refractivity contribution in [3.05, 3.63) is 98.6 Å². The lowest BCUT2D eigenvalue weighted by Crippen LogP contribution is -2.06. The molecule has 0 fully saturated rings. The predicted octanol–water partition coefficient (Wildman–Crippen LogP) is 6.57. The van der Waals surface area contributed by atoms with Crippen LogP contribution in [0.4, 0.5) is 4.39 Å². The second kappa shape index (κ2) is 8.20. The number of fused-ring (bicyclic) bond motifs is 1. The van der Waals surface area contributed by atoms with E-state index in [0.717, 1.165) is 11.1 Å². The van der Waals surface area contributed by atoms with Gasteiger partial charge in [-0.2, -0.15) is 0 Å². The first-order chi connectivity index (χ1) is 14.4. The molecular weight excluding hydrogens is 407 g/mol. The standard InChI is InChI=1S/C24H18ClFO4/c1-14-6-7-15(2)21(10-14)30-23-13-29-22-11-16(8-9-17(22)24(23)27)28-12-18-19(25)4-3-5-20(18)26/h3-11,13H,12H2,1-2H3. The third kappa shape index (κ3) is 4.02. The summed E-state index contributed by atoms with van der Waals surface area (Å²) in [4.78, 5) is 12.8. The molecule has 0 aliphatic rings. The van der Waals surface area contributed by atoms with Crippen LogP contribution in [0.2, 0.25) is 5.02 Å². The quantitative estimate of drug-likeness (QED) is 0.363. The Labute approximate surface area is 177 Å². The van der Waals surface area contributed by atoms with Gasteiger partial charge in [-0.25, -0.2) is 4.39 Å². The van der Waals surface area contributed by atoms with Crippen molar-refractivity contribution >= 4 is 22.6 Å². The summed E-state index contributed by atoms with van der Waals surface area (Å²) < 4.78 is 30.9. The van der Waals surface area contributed by atoms with E-state index in [2.05, 4.69) is 0 Å². The molecule has 6 heteroatoms. The fourth-order valence-corrected chi connectivity index (χ4v) is 3.23. The van der Waals surface area contributed by atoms with E-state index in [1.54, 1.807) is 24.3 Å². The van der Waals surface area contributed by atoms with Crippen molar-refractivity contribution in [3.8, 4) is 17.2 Å². The Kier molecular flexibility index (Phi) is 5.46. The maximum Gasteiger partial charge on any atom is 0.235 e. The van der Waals surface area contributed by atoms with Gasteiger partial charge in [0.2, 0.25) is 11.2 Å². The number of aryl methyl sites for hydroxylation is 2. The molecule has 0 saturated heterocycles. The van der Waals surface area contributed by atoms with Crippen molar-refractivity contribution in [3.63, 3.8) is 0 Å². The molecule has 0 N–H and O–H groups in total. The van der Waals surface area contributed by atoms with Gasteiger partial charge in [0, 0.05) is 11.6 Å². The third-order valence-electron chi connectivity index (χ3n) is 4.72. The van der Waals surface area contributed by atoms with Gasteiger partial charge in [0.25, 0.3) is 0 Å². The third-order valence-corrected chi connectivity index (χ3v) is 5.08. The molecule has 4 rings (SSSR count). The summed E-state index contributed by atoms with van der Waals surface area (Å²) in [6.45, 7) is 3.81. The summed E-state index contributed by atoms with van der Waals surface area (Å²) in [6.07, 6.45) is 1.28. The van der Waals surface area contributed by atoms with Gasteiger partial charge in [-0.05, 0) is 55.3 Å². The van der Waals surface area contributed by atoms with Crippen LogP contribution in [0, 0.1) is 19.7 Å². The largest absolute Gasteiger partial charge is 0.489 e. The van der Waals surface area contributed by atoms with Crippen LogP contribution in [0.1, 0.15) is 16.7 Å². The smallest absolute Gasteiger partial charge is 0.235 e. The normalized spacial score (nSPS) is 10.9. The number of ether oxygens (including phenoxy) is 2. The minimum absolute atomic E-state index is 0.0466. The Morgan fingerprint density at radius 3 is 2.67 bits per heavy atom. The number of hydrogen-bond acceptors (Lipinski definition) is 4. The van der Waals surface area contributed by atoms with Crippen LogP contribution in [0.3, 0.4) is 0 Å². The van der Waals surface area contributed by atoms with E-state index < -0.39 is 5.82 Å². The first-order valence-corrected chi connectivity index (χ1v) is 9.66. The number of hydrogen-bond donors (Lipinski definition) is 0. The van der Waals surface area contributed by atoms with Crippen LogP contribution < -0.4 is 14.9 Å². The molecule has 4 aromatic rings. The van der Waals surface area contributed by atoms with Gasteiger partial charge in [-0.1, -0.05) is 29.8 Å². The van der Waals surface area contributed by atoms with E-state index >= 15 is 0 Å². The van der Waals surface area contributed by atoms with Gasteiger partial charge in [0.1, 0.15) is 35.8 Å². The maximum absolute atomic E-state index is 13.9. The second-order valence-corrected chi connectivity index (χ2v) is 7.35. The van der Waals surface area contributed by atoms with Crippen LogP contribution in [0.5, 0.6) is 17.2 Å². The zero-order valence-electron chi connectivity index (χ0n) is 16.4. The second-order valence-electron chi connectivity index (χ2n) is 6.95. The Morgan fingerprint density at radius 2 is 1.87 bits per heavy atom. The minimum Gasteiger partial charge on any atom is -0.489 e. The summed E-state index contributed by atoms with van der Waals surface area (Å²) in [5.74, 6) is 0.683. The summed E-state index contributed by atoms with van der Waals surface area (Å²) in [6, 6.07) is 15.0. The fourth-order valence-electron chi connectivity index (χ4n) is 3.01. The zero-order chi connectivity index (χ0) is 21.3. The molecule has 0 atom stereocenters. The molecule has 0 saturated carbocycles. The molecule has 1 heterocycles. The summed E-state index contributed by atoms with van der Waals surface area (Å²) >= 11 is 6.02. The van der Waals surface area contributed by atoms with Gasteiger partial charge in [-0.3, -0.25) is 4.79 Å². The Balaban J connectivity index is 1.59. The van der Waals surface area contributed by atoms with Crippen LogP contribution in [-0.2, 0) is 6.61 Å². The van der Waals surface area contributed by atoms with Crippen molar-refractivity contribution in [2.24, 2.45) is 0 Å². The number of halogens is 2. The molecule has 0 aliphatic heterocycles. The SMILES string of the molecule is Cc1ccc(C)c(Oc2coc3cc(OCc4c(F)cccc4Cl)ccc3c2=O)c1. The van der Waals surface area contributed by atoms with Crippen LogP contribution in [0.25, 0.3) is 11.0 Å². The Morgan fingerprint density at radius 1 is 1.03 bits per heavy atom. The molecule has 1 aromatic heterocycles. The van der Waals surface area contributed by atoms with E-state index in [0.29, 0.717) is 22.5 Å². The molecule has 0 bridgehead atoms. The highest BCUT2D eigenvalue weighted by molar-refractivity contribution is 6.31. The van der Waals surface area contributed by atoms with E-state index in [9.17, 15) is 9.18 Å².